The first kappa shape index (κ1) is 9.73. The molecule has 0 unspecified atom stereocenters. The lowest BCUT2D eigenvalue weighted by molar-refractivity contribution is -0.131. The maximum atomic E-state index is 9.95. The van der Waals surface area contributed by atoms with Gasteiger partial charge in [0.05, 0.1) is 6.54 Å². The van der Waals surface area contributed by atoms with Gasteiger partial charge in [0.2, 0.25) is 0 Å². The molecule has 0 heterocycles. The van der Waals surface area contributed by atoms with E-state index in [1.165, 1.54) is 0 Å². The molecule has 0 saturated heterocycles. The van der Waals surface area contributed by atoms with Gasteiger partial charge in [0.1, 0.15) is 0 Å². The summed E-state index contributed by atoms with van der Waals surface area (Å²) in [7, 11) is 0. The van der Waals surface area contributed by atoms with Gasteiger partial charge in [-0.15, -0.1) is 5.92 Å². The van der Waals surface area contributed by atoms with E-state index in [4.69, 9.17) is 5.11 Å². The van der Waals surface area contributed by atoms with E-state index in [1.807, 2.05) is 0 Å². The molecule has 0 spiro atoms. The highest BCUT2D eigenvalue weighted by Gasteiger charge is 1.82. The van der Waals surface area contributed by atoms with Crippen LogP contribution in [0.5, 0.6) is 0 Å². The van der Waals surface area contributed by atoms with Crippen LogP contribution in [0.2, 0.25) is 0 Å². The van der Waals surface area contributed by atoms with Gasteiger partial charge >= 0.3 is 5.97 Å². The quantitative estimate of drug-likeness (QED) is 0.345. The lowest BCUT2D eigenvalue weighted by Crippen LogP contribution is -2.13. The van der Waals surface area contributed by atoms with Crippen LogP contribution in [0, 0.1) is 11.8 Å². The van der Waals surface area contributed by atoms with Crippen molar-refractivity contribution < 1.29 is 9.90 Å². The Morgan fingerprint density at radius 3 is 3.00 bits per heavy atom. The fourth-order valence-corrected chi connectivity index (χ4v) is 0.466. The molecule has 11 heavy (non-hydrogen) atoms. The second-order valence-electron chi connectivity index (χ2n) is 1.80. The Balaban J connectivity index is 3.25. The molecule has 0 saturated carbocycles. The first-order valence-electron chi connectivity index (χ1n) is 3.27. The van der Waals surface area contributed by atoms with E-state index in [-0.39, 0.29) is 0 Å². The molecule has 0 aliphatic rings. The standard InChI is InChI=1S/C8H11NO2/c1-2-3-6-9-7-4-5-8(10)11/h4-5,9H,6-7H2,1H3,(H,10,11)/b5-4+. The van der Waals surface area contributed by atoms with E-state index in [9.17, 15) is 4.79 Å². The van der Waals surface area contributed by atoms with Crippen molar-refractivity contribution in [1.29, 1.82) is 0 Å². The molecule has 3 nitrogen and oxygen atoms in total. The number of rotatable bonds is 4. The molecule has 0 bridgehead atoms. The Hall–Kier alpha value is -1.27. The Kier molecular flexibility index (Phi) is 6.05. The van der Waals surface area contributed by atoms with Crippen molar-refractivity contribution >= 4 is 5.97 Å². The van der Waals surface area contributed by atoms with Crippen molar-refractivity contribution in [2.45, 2.75) is 6.92 Å². The van der Waals surface area contributed by atoms with Gasteiger partial charge in [-0.2, -0.15) is 0 Å². The zero-order chi connectivity index (χ0) is 8.53. The zero-order valence-corrected chi connectivity index (χ0v) is 6.42. The van der Waals surface area contributed by atoms with E-state index in [1.54, 1.807) is 13.0 Å². The van der Waals surface area contributed by atoms with Crippen LogP contribution in [-0.2, 0) is 4.79 Å². The first-order valence-corrected chi connectivity index (χ1v) is 3.27. The summed E-state index contributed by atoms with van der Waals surface area (Å²) in [4.78, 5) is 9.95. The second-order valence-corrected chi connectivity index (χ2v) is 1.80. The Morgan fingerprint density at radius 2 is 2.45 bits per heavy atom. The summed E-state index contributed by atoms with van der Waals surface area (Å²) in [5, 5.41) is 11.1. The monoisotopic (exact) mass is 153 g/mol. The predicted octanol–water partition coefficient (Wildman–Crippen LogP) is 0.240. The highest BCUT2D eigenvalue weighted by atomic mass is 16.4. The van der Waals surface area contributed by atoms with Crippen LogP contribution < -0.4 is 5.32 Å². The highest BCUT2D eigenvalue weighted by molar-refractivity contribution is 5.79. The molecule has 3 heteroatoms. The van der Waals surface area contributed by atoms with Crippen LogP contribution in [0.3, 0.4) is 0 Å². The van der Waals surface area contributed by atoms with E-state index < -0.39 is 5.97 Å². The number of hydrogen-bond acceptors (Lipinski definition) is 2. The summed E-state index contributed by atoms with van der Waals surface area (Å²) >= 11 is 0. The van der Waals surface area contributed by atoms with E-state index in [0.717, 1.165) is 6.08 Å². The van der Waals surface area contributed by atoms with Gasteiger partial charge in [0.25, 0.3) is 0 Å². The maximum Gasteiger partial charge on any atom is 0.328 e. The summed E-state index contributed by atoms with van der Waals surface area (Å²) in [5.74, 6) is 4.59. The molecule has 0 radical (unpaired) electrons. The minimum absolute atomic E-state index is 0.543. The van der Waals surface area contributed by atoms with Crippen molar-refractivity contribution in [3.63, 3.8) is 0 Å². The minimum Gasteiger partial charge on any atom is -0.478 e. The number of hydrogen-bond donors (Lipinski definition) is 2. The fourth-order valence-electron chi connectivity index (χ4n) is 0.466. The Morgan fingerprint density at radius 1 is 1.73 bits per heavy atom. The normalized spacial score (nSPS) is 9.18. The number of aliphatic carboxylic acids is 1. The summed E-state index contributed by atoms with van der Waals surface area (Å²) in [5.41, 5.74) is 0. The zero-order valence-electron chi connectivity index (χ0n) is 6.42. The second kappa shape index (κ2) is 6.84. The molecule has 0 amide bonds. The number of carboxylic acids is 1. The number of nitrogens with one attached hydrogen (secondary N) is 1. The van der Waals surface area contributed by atoms with Gasteiger partial charge in [-0.25, -0.2) is 4.79 Å². The highest BCUT2D eigenvalue weighted by Crippen LogP contribution is 1.69. The van der Waals surface area contributed by atoms with Gasteiger partial charge in [0, 0.05) is 12.6 Å². The van der Waals surface area contributed by atoms with Crippen molar-refractivity contribution in [2.75, 3.05) is 13.1 Å². The molecule has 0 aliphatic carbocycles. The summed E-state index contributed by atoms with van der Waals surface area (Å²) < 4.78 is 0. The number of carboxylic acid groups (broad SMARTS) is 1. The average molecular weight is 153 g/mol. The van der Waals surface area contributed by atoms with Gasteiger partial charge < -0.3 is 10.4 Å². The molecule has 0 atom stereocenters. The fraction of sp³-hybridized carbons (Fsp3) is 0.375. The van der Waals surface area contributed by atoms with Crippen molar-refractivity contribution in [3.8, 4) is 11.8 Å². The van der Waals surface area contributed by atoms with Crippen LogP contribution in [-0.4, -0.2) is 24.2 Å². The van der Waals surface area contributed by atoms with Crippen molar-refractivity contribution in [3.05, 3.63) is 12.2 Å². The molecule has 0 aliphatic heterocycles. The Bertz CT molecular complexity index is 198. The molecule has 0 fully saturated rings. The smallest absolute Gasteiger partial charge is 0.328 e. The van der Waals surface area contributed by atoms with Gasteiger partial charge in [-0.1, -0.05) is 12.0 Å². The summed E-state index contributed by atoms with van der Waals surface area (Å²) in [6, 6.07) is 0. The average Bonchev–Trinajstić information content (AvgIpc) is 1.96. The Labute approximate surface area is 66.1 Å². The molecule has 60 valence electrons. The third-order valence-electron chi connectivity index (χ3n) is 0.913. The minimum atomic E-state index is -0.923. The van der Waals surface area contributed by atoms with Crippen LogP contribution in [0.4, 0.5) is 0 Å². The third kappa shape index (κ3) is 8.73. The molecular formula is C8H11NO2. The van der Waals surface area contributed by atoms with E-state index in [2.05, 4.69) is 17.2 Å². The lowest BCUT2D eigenvalue weighted by atomic mass is 10.5. The SMILES string of the molecule is CC#CCNC/C=C/C(=O)O. The van der Waals surface area contributed by atoms with Crippen molar-refractivity contribution in [2.24, 2.45) is 0 Å². The van der Waals surface area contributed by atoms with Crippen LogP contribution in [0.1, 0.15) is 6.92 Å². The summed E-state index contributed by atoms with van der Waals surface area (Å²) in [6.45, 7) is 2.90. The van der Waals surface area contributed by atoms with Gasteiger partial charge in [0.15, 0.2) is 0 Å². The van der Waals surface area contributed by atoms with Gasteiger partial charge in [-0.05, 0) is 6.92 Å². The summed E-state index contributed by atoms with van der Waals surface area (Å²) in [6.07, 6.45) is 2.64. The third-order valence-corrected chi connectivity index (χ3v) is 0.913. The maximum absolute atomic E-state index is 9.95. The van der Waals surface area contributed by atoms with E-state index in [0.29, 0.717) is 13.1 Å². The van der Waals surface area contributed by atoms with Crippen LogP contribution >= 0.6 is 0 Å². The van der Waals surface area contributed by atoms with E-state index >= 15 is 0 Å². The van der Waals surface area contributed by atoms with Crippen molar-refractivity contribution in [1.82, 2.24) is 5.32 Å². The molecule has 2 N–H and O–H groups in total. The first-order chi connectivity index (χ1) is 5.27. The molecule has 0 rings (SSSR count). The number of carbonyl (C=O) groups is 1. The topological polar surface area (TPSA) is 49.3 Å². The predicted molar refractivity (Wildman–Crippen MR) is 43.1 cm³/mol. The molecular weight excluding hydrogens is 142 g/mol. The lowest BCUT2D eigenvalue weighted by Gasteiger charge is -1.90. The molecule has 0 aromatic heterocycles. The molecule has 0 aromatic carbocycles. The molecule has 0 aromatic rings. The van der Waals surface area contributed by atoms with Crippen LogP contribution in [0.25, 0.3) is 0 Å². The largest absolute Gasteiger partial charge is 0.478 e. The van der Waals surface area contributed by atoms with Gasteiger partial charge in [-0.3, -0.25) is 0 Å². The van der Waals surface area contributed by atoms with Crippen LogP contribution in [0.15, 0.2) is 12.2 Å².